The topological polar surface area (TPSA) is 92.4 Å². The molecule has 1 fully saturated rings. The van der Waals surface area contributed by atoms with Crippen LogP contribution in [0.5, 0.6) is 0 Å². The predicted octanol–water partition coefficient (Wildman–Crippen LogP) is 1.36. The van der Waals surface area contributed by atoms with E-state index in [1.807, 2.05) is 0 Å². The summed E-state index contributed by atoms with van der Waals surface area (Å²) in [7, 11) is -3.77. The van der Waals surface area contributed by atoms with Gasteiger partial charge in [-0.3, -0.25) is 0 Å². The first kappa shape index (κ1) is 14.6. The molecule has 1 aliphatic rings. The van der Waals surface area contributed by atoms with Crippen LogP contribution in [0.15, 0.2) is 23.1 Å². The molecule has 1 aromatic carbocycles. The van der Waals surface area contributed by atoms with Crippen LogP contribution in [0.1, 0.15) is 19.3 Å². The van der Waals surface area contributed by atoms with Crippen molar-refractivity contribution in [2.75, 3.05) is 12.3 Å². The molecule has 0 aliphatic heterocycles. The van der Waals surface area contributed by atoms with Crippen LogP contribution in [0.4, 0.5) is 5.69 Å². The van der Waals surface area contributed by atoms with Gasteiger partial charge in [0.25, 0.3) is 0 Å². The Bertz CT molecular complexity index is 542. The van der Waals surface area contributed by atoms with Crippen LogP contribution in [0.3, 0.4) is 0 Å². The Morgan fingerprint density at radius 1 is 1.42 bits per heavy atom. The maximum absolute atomic E-state index is 12.3. The summed E-state index contributed by atoms with van der Waals surface area (Å²) in [5.74, 6) is -0.0431. The van der Waals surface area contributed by atoms with Crippen LogP contribution in [0.2, 0.25) is 5.02 Å². The average molecular weight is 305 g/mol. The summed E-state index contributed by atoms with van der Waals surface area (Å²) >= 11 is 5.92. The molecular formula is C12H17ClN2O3S. The Kier molecular flexibility index (Phi) is 4.35. The Labute approximate surface area is 117 Å². The maximum atomic E-state index is 12.3. The van der Waals surface area contributed by atoms with E-state index in [4.69, 9.17) is 17.3 Å². The Morgan fingerprint density at radius 2 is 2.16 bits per heavy atom. The molecule has 0 aromatic heterocycles. The molecule has 1 aromatic rings. The third-order valence-corrected chi connectivity index (χ3v) is 5.50. The number of aliphatic hydroxyl groups is 1. The van der Waals surface area contributed by atoms with Gasteiger partial charge in [-0.2, -0.15) is 0 Å². The first-order valence-corrected chi connectivity index (χ1v) is 7.99. The molecule has 1 saturated carbocycles. The van der Waals surface area contributed by atoms with Crippen LogP contribution in [0, 0.1) is 5.92 Å². The third-order valence-electron chi connectivity index (χ3n) is 3.47. The van der Waals surface area contributed by atoms with Crippen molar-refractivity contribution in [1.82, 2.24) is 4.72 Å². The van der Waals surface area contributed by atoms with E-state index in [0.29, 0.717) is 0 Å². The van der Waals surface area contributed by atoms with Crippen molar-refractivity contribution >= 4 is 27.3 Å². The minimum atomic E-state index is -3.77. The van der Waals surface area contributed by atoms with Gasteiger partial charge in [-0.05, 0) is 30.9 Å². The van der Waals surface area contributed by atoms with Gasteiger partial charge >= 0.3 is 0 Å². The molecular weight excluding hydrogens is 288 g/mol. The summed E-state index contributed by atoms with van der Waals surface area (Å²) < 4.78 is 27.3. The van der Waals surface area contributed by atoms with Crippen molar-refractivity contribution in [3.8, 4) is 0 Å². The van der Waals surface area contributed by atoms with Crippen LogP contribution in [0.25, 0.3) is 0 Å². The molecule has 5 nitrogen and oxygen atoms in total. The van der Waals surface area contributed by atoms with E-state index in [1.165, 1.54) is 12.1 Å². The maximum Gasteiger partial charge on any atom is 0.244 e. The predicted molar refractivity (Wildman–Crippen MR) is 74.4 cm³/mol. The van der Waals surface area contributed by atoms with Crippen LogP contribution in [-0.4, -0.2) is 26.2 Å². The monoisotopic (exact) mass is 304 g/mol. The Morgan fingerprint density at radius 3 is 2.79 bits per heavy atom. The summed E-state index contributed by atoms with van der Waals surface area (Å²) in [4.78, 5) is -0.0831. The number of nitrogen functional groups attached to an aromatic ring is 1. The Hall–Kier alpha value is -0.820. The second kappa shape index (κ2) is 5.66. The van der Waals surface area contributed by atoms with Crippen molar-refractivity contribution in [1.29, 1.82) is 0 Å². The molecule has 2 atom stereocenters. The molecule has 0 saturated heterocycles. The molecule has 19 heavy (non-hydrogen) atoms. The number of nitrogens with two attached hydrogens (primary N) is 1. The smallest absolute Gasteiger partial charge is 0.244 e. The molecule has 0 radical (unpaired) electrons. The summed E-state index contributed by atoms with van der Waals surface area (Å²) in [5.41, 5.74) is 5.82. The number of hydrogen-bond acceptors (Lipinski definition) is 4. The molecule has 0 amide bonds. The van der Waals surface area contributed by atoms with Crippen molar-refractivity contribution in [3.05, 3.63) is 23.2 Å². The van der Waals surface area contributed by atoms with E-state index in [2.05, 4.69) is 4.72 Å². The van der Waals surface area contributed by atoms with Crippen LogP contribution >= 0.6 is 11.6 Å². The first-order valence-electron chi connectivity index (χ1n) is 6.13. The zero-order valence-electron chi connectivity index (χ0n) is 10.3. The van der Waals surface area contributed by atoms with E-state index in [9.17, 15) is 13.5 Å². The largest absolute Gasteiger partial charge is 0.398 e. The number of rotatable bonds is 4. The second-order valence-electron chi connectivity index (χ2n) is 4.76. The van der Waals surface area contributed by atoms with E-state index in [1.54, 1.807) is 6.07 Å². The number of halogens is 1. The number of anilines is 1. The lowest BCUT2D eigenvalue weighted by Gasteiger charge is -2.20. The average Bonchev–Trinajstić information content (AvgIpc) is 2.74. The van der Waals surface area contributed by atoms with Gasteiger partial charge in [0.05, 0.1) is 10.7 Å². The van der Waals surface area contributed by atoms with Crippen molar-refractivity contribution in [2.45, 2.75) is 30.2 Å². The summed E-state index contributed by atoms with van der Waals surface area (Å²) in [6.07, 6.45) is 2.44. The summed E-state index contributed by atoms with van der Waals surface area (Å²) in [6, 6.07) is 4.33. The fourth-order valence-electron chi connectivity index (χ4n) is 2.48. The Balaban J connectivity index is 2.28. The molecule has 0 bridgehead atoms. The van der Waals surface area contributed by atoms with Gasteiger partial charge in [-0.15, -0.1) is 0 Å². The number of benzene rings is 1. The first-order chi connectivity index (χ1) is 8.95. The molecule has 0 heterocycles. The lowest BCUT2D eigenvalue weighted by molar-refractivity contribution is 0.213. The lowest BCUT2D eigenvalue weighted by Crippen LogP contribution is -2.38. The highest BCUT2D eigenvalue weighted by Crippen LogP contribution is 2.30. The highest BCUT2D eigenvalue weighted by Gasteiger charge is 2.32. The van der Waals surface area contributed by atoms with Gasteiger partial charge in [-0.1, -0.05) is 24.1 Å². The van der Waals surface area contributed by atoms with Crippen LogP contribution < -0.4 is 10.5 Å². The van der Waals surface area contributed by atoms with Gasteiger partial charge in [0.1, 0.15) is 4.90 Å². The minimum absolute atomic E-state index is 0.0226. The highest BCUT2D eigenvalue weighted by molar-refractivity contribution is 7.89. The van der Waals surface area contributed by atoms with Gasteiger partial charge in [0.15, 0.2) is 0 Å². The molecule has 0 spiro atoms. The zero-order chi connectivity index (χ0) is 14.0. The molecule has 106 valence electrons. The van der Waals surface area contributed by atoms with E-state index < -0.39 is 10.0 Å². The molecule has 2 unspecified atom stereocenters. The number of hydrogen-bond donors (Lipinski definition) is 3. The second-order valence-corrected chi connectivity index (χ2v) is 6.82. The normalized spacial score (nSPS) is 23.7. The summed E-state index contributed by atoms with van der Waals surface area (Å²) in [6.45, 7) is -0.0226. The zero-order valence-corrected chi connectivity index (χ0v) is 11.9. The van der Waals surface area contributed by atoms with Gasteiger partial charge in [0.2, 0.25) is 10.0 Å². The van der Waals surface area contributed by atoms with E-state index in [0.717, 1.165) is 19.3 Å². The molecule has 1 aliphatic carbocycles. The standard InChI is InChI=1S/C12H17ClN2O3S/c13-9-4-2-5-10(14)12(9)19(17,18)15-11-6-1-3-8(11)7-16/h2,4-5,8,11,15-16H,1,3,6-7,14H2. The molecule has 2 rings (SSSR count). The fourth-order valence-corrected chi connectivity index (χ4v) is 4.49. The molecule has 4 N–H and O–H groups in total. The molecule has 7 heteroatoms. The van der Waals surface area contributed by atoms with Gasteiger partial charge < -0.3 is 10.8 Å². The SMILES string of the molecule is Nc1cccc(Cl)c1S(=O)(=O)NC1CCCC1CO. The third kappa shape index (κ3) is 3.02. The van der Waals surface area contributed by atoms with Gasteiger partial charge in [0, 0.05) is 12.6 Å². The van der Waals surface area contributed by atoms with E-state index >= 15 is 0 Å². The van der Waals surface area contributed by atoms with Crippen LogP contribution in [-0.2, 0) is 10.0 Å². The number of nitrogens with one attached hydrogen (secondary N) is 1. The quantitative estimate of drug-likeness (QED) is 0.732. The van der Waals surface area contributed by atoms with Crippen molar-refractivity contribution in [2.24, 2.45) is 5.92 Å². The number of aliphatic hydroxyl groups excluding tert-OH is 1. The minimum Gasteiger partial charge on any atom is -0.398 e. The van der Waals surface area contributed by atoms with Crippen molar-refractivity contribution in [3.63, 3.8) is 0 Å². The van der Waals surface area contributed by atoms with E-state index in [-0.39, 0.29) is 34.2 Å². The van der Waals surface area contributed by atoms with Crippen molar-refractivity contribution < 1.29 is 13.5 Å². The fraction of sp³-hybridized carbons (Fsp3) is 0.500. The highest BCUT2D eigenvalue weighted by atomic mass is 35.5. The summed E-state index contributed by atoms with van der Waals surface area (Å²) in [5, 5.41) is 9.33. The van der Waals surface area contributed by atoms with Gasteiger partial charge in [-0.25, -0.2) is 13.1 Å². The lowest BCUT2D eigenvalue weighted by atomic mass is 10.1. The number of sulfonamides is 1.